The fraction of sp³-hybridized carbons (Fsp3) is 0.421. The third-order valence-corrected chi connectivity index (χ3v) is 5.38. The zero-order chi connectivity index (χ0) is 18.4. The minimum atomic E-state index is -0.329. The molecule has 0 amide bonds. The first-order chi connectivity index (χ1) is 13.2. The van der Waals surface area contributed by atoms with Crippen LogP contribution in [-0.4, -0.2) is 44.1 Å². The smallest absolute Gasteiger partial charge is 0.229 e. The Morgan fingerprint density at radius 1 is 1.30 bits per heavy atom. The van der Waals surface area contributed by atoms with Gasteiger partial charge in [-0.15, -0.1) is 5.10 Å². The predicted molar refractivity (Wildman–Crippen MR) is 94.2 cm³/mol. The fourth-order valence-corrected chi connectivity index (χ4v) is 3.92. The standard InChI is InChI=1S/C19H20FN5O2/c1-12-16(22-19(27-12)14-4-2-3-5-15(14)20)9-24-7-6-18-17(10-24)25-13(11-26-18)8-21-23-25/h2-5,8,17-18H,6-7,9-11H2,1H3/t17-,18-/m0/s1. The van der Waals surface area contributed by atoms with Gasteiger partial charge in [0.1, 0.15) is 11.6 Å². The van der Waals surface area contributed by atoms with Crippen LogP contribution in [0.15, 0.2) is 34.9 Å². The van der Waals surface area contributed by atoms with Crippen molar-refractivity contribution in [3.8, 4) is 11.5 Å². The number of ether oxygens (including phenoxy) is 1. The second kappa shape index (κ2) is 6.54. The Morgan fingerprint density at radius 2 is 2.19 bits per heavy atom. The number of rotatable bonds is 3. The van der Waals surface area contributed by atoms with E-state index < -0.39 is 0 Å². The molecule has 0 saturated carbocycles. The lowest BCUT2D eigenvalue weighted by Crippen LogP contribution is -2.47. The highest BCUT2D eigenvalue weighted by molar-refractivity contribution is 5.54. The van der Waals surface area contributed by atoms with Gasteiger partial charge in [-0.3, -0.25) is 4.90 Å². The topological polar surface area (TPSA) is 69.2 Å². The molecule has 1 saturated heterocycles. The molecular formula is C19H20FN5O2. The Hall–Kier alpha value is -2.58. The molecule has 2 aliphatic heterocycles. The average molecular weight is 369 g/mol. The Morgan fingerprint density at radius 3 is 3.07 bits per heavy atom. The van der Waals surface area contributed by atoms with Crippen LogP contribution in [0.3, 0.4) is 0 Å². The van der Waals surface area contributed by atoms with Crippen molar-refractivity contribution < 1.29 is 13.5 Å². The fourth-order valence-electron chi connectivity index (χ4n) is 3.92. The summed E-state index contributed by atoms with van der Waals surface area (Å²) < 4.78 is 27.7. The molecule has 1 fully saturated rings. The van der Waals surface area contributed by atoms with Crippen LogP contribution >= 0.6 is 0 Å². The van der Waals surface area contributed by atoms with Crippen LogP contribution in [0.4, 0.5) is 4.39 Å². The van der Waals surface area contributed by atoms with E-state index >= 15 is 0 Å². The van der Waals surface area contributed by atoms with Crippen molar-refractivity contribution in [2.75, 3.05) is 13.1 Å². The van der Waals surface area contributed by atoms with Gasteiger partial charge in [0.2, 0.25) is 5.89 Å². The Kier molecular flexibility index (Phi) is 4.02. The molecule has 0 unspecified atom stereocenters. The number of likely N-dealkylation sites (tertiary alicyclic amines) is 1. The number of hydrogen-bond acceptors (Lipinski definition) is 6. The SMILES string of the molecule is Cc1oc(-c2ccccc2F)nc1CN1CC[C@@H]2OCc3cnnn3[C@H]2C1. The van der Waals surface area contributed by atoms with Crippen molar-refractivity contribution in [1.29, 1.82) is 0 Å². The Labute approximate surface area is 155 Å². The maximum Gasteiger partial charge on any atom is 0.229 e. The van der Waals surface area contributed by atoms with Crippen LogP contribution in [0.5, 0.6) is 0 Å². The van der Waals surface area contributed by atoms with E-state index in [-0.39, 0.29) is 18.0 Å². The number of piperidine rings is 1. The van der Waals surface area contributed by atoms with Crippen LogP contribution in [-0.2, 0) is 17.9 Å². The second-order valence-electron chi connectivity index (χ2n) is 7.11. The molecule has 0 bridgehead atoms. The maximum absolute atomic E-state index is 14.0. The molecule has 8 heteroatoms. The van der Waals surface area contributed by atoms with Crippen molar-refractivity contribution in [2.45, 2.75) is 38.6 Å². The second-order valence-corrected chi connectivity index (χ2v) is 7.11. The van der Waals surface area contributed by atoms with Crippen LogP contribution in [0.2, 0.25) is 0 Å². The van der Waals surface area contributed by atoms with Gasteiger partial charge in [0.25, 0.3) is 0 Å². The monoisotopic (exact) mass is 369 g/mol. The molecule has 27 heavy (non-hydrogen) atoms. The minimum absolute atomic E-state index is 0.156. The van der Waals surface area contributed by atoms with E-state index in [2.05, 4.69) is 20.2 Å². The van der Waals surface area contributed by atoms with Crippen LogP contribution in [0.1, 0.15) is 29.6 Å². The first kappa shape index (κ1) is 16.6. The number of halogens is 1. The van der Waals surface area contributed by atoms with Gasteiger partial charge in [-0.2, -0.15) is 0 Å². The highest BCUT2D eigenvalue weighted by Crippen LogP contribution is 2.31. The molecule has 2 aliphatic rings. The molecule has 2 aromatic heterocycles. The number of oxazole rings is 1. The zero-order valence-electron chi connectivity index (χ0n) is 15.0. The minimum Gasteiger partial charge on any atom is -0.441 e. The van der Waals surface area contributed by atoms with Gasteiger partial charge in [-0.1, -0.05) is 17.3 Å². The van der Waals surface area contributed by atoms with E-state index in [1.165, 1.54) is 6.07 Å². The maximum atomic E-state index is 14.0. The third kappa shape index (κ3) is 2.94. The average Bonchev–Trinajstić information content (AvgIpc) is 3.29. The van der Waals surface area contributed by atoms with E-state index in [0.29, 0.717) is 24.6 Å². The zero-order valence-corrected chi connectivity index (χ0v) is 15.0. The summed E-state index contributed by atoms with van der Waals surface area (Å²) in [6.45, 7) is 4.81. The molecular weight excluding hydrogens is 349 g/mol. The quantitative estimate of drug-likeness (QED) is 0.707. The molecule has 3 aromatic rings. The Balaban J connectivity index is 1.36. The molecule has 0 N–H and O–H groups in total. The normalized spacial score (nSPS) is 22.4. The van der Waals surface area contributed by atoms with E-state index in [9.17, 15) is 4.39 Å². The molecule has 0 aliphatic carbocycles. The highest BCUT2D eigenvalue weighted by atomic mass is 19.1. The summed E-state index contributed by atoms with van der Waals surface area (Å²) in [5.74, 6) is 0.718. The lowest BCUT2D eigenvalue weighted by atomic mass is 10.0. The van der Waals surface area contributed by atoms with E-state index in [0.717, 1.165) is 36.7 Å². The van der Waals surface area contributed by atoms with Crippen LogP contribution in [0, 0.1) is 12.7 Å². The van der Waals surface area contributed by atoms with Crippen LogP contribution < -0.4 is 0 Å². The van der Waals surface area contributed by atoms with Gasteiger partial charge < -0.3 is 9.15 Å². The number of benzene rings is 1. The lowest BCUT2D eigenvalue weighted by Gasteiger charge is -2.40. The first-order valence-corrected chi connectivity index (χ1v) is 9.13. The molecule has 7 nitrogen and oxygen atoms in total. The van der Waals surface area contributed by atoms with Gasteiger partial charge in [-0.05, 0) is 25.5 Å². The van der Waals surface area contributed by atoms with Crippen LogP contribution in [0.25, 0.3) is 11.5 Å². The summed E-state index contributed by atoms with van der Waals surface area (Å²) in [7, 11) is 0. The van der Waals surface area contributed by atoms with Crippen molar-refractivity contribution in [3.63, 3.8) is 0 Å². The summed E-state index contributed by atoms with van der Waals surface area (Å²) in [5.41, 5.74) is 2.23. The van der Waals surface area contributed by atoms with E-state index in [1.807, 2.05) is 11.6 Å². The van der Waals surface area contributed by atoms with Crippen molar-refractivity contribution >= 4 is 0 Å². The molecule has 0 radical (unpaired) electrons. The molecule has 0 spiro atoms. The van der Waals surface area contributed by atoms with Crippen molar-refractivity contribution in [3.05, 3.63) is 53.4 Å². The Bertz CT molecular complexity index is 969. The van der Waals surface area contributed by atoms with Gasteiger partial charge >= 0.3 is 0 Å². The van der Waals surface area contributed by atoms with Crippen molar-refractivity contribution in [1.82, 2.24) is 24.9 Å². The molecule has 2 atom stereocenters. The summed E-state index contributed by atoms with van der Waals surface area (Å²) in [6, 6.07) is 6.69. The number of aryl methyl sites for hydroxylation is 1. The van der Waals surface area contributed by atoms with Gasteiger partial charge in [0.05, 0.1) is 41.9 Å². The number of hydrogen-bond donors (Lipinski definition) is 0. The van der Waals surface area contributed by atoms with Gasteiger partial charge in [-0.25, -0.2) is 14.1 Å². The largest absolute Gasteiger partial charge is 0.441 e. The lowest BCUT2D eigenvalue weighted by molar-refractivity contribution is -0.0671. The molecule has 1 aromatic carbocycles. The molecule has 4 heterocycles. The van der Waals surface area contributed by atoms with E-state index in [4.69, 9.17) is 9.15 Å². The number of nitrogens with zero attached hydrogens (tertiary/aromatic N) is 5. The number of fused-ring (bicyclic) bond motifs is 3. The summed E-state index contributed by atoms with van der Waals surface area (Å²) in [5, 5.41) is 8.25. The van der Waals surface area contributed by atoms with Gasteiger partial charge in [0, 0.05) is 19.6 Å². The third-order valence-electron chi connectivity index (χ3n) is 5.38. The van der Waals surface area contributed by atoms with E-state index in [1.54, 1.807) is 24.4 Å². The molecule has 5 rings (SSSR count). The van der Waals surface area contributed by atoms with Gasteiger partial charge in [0.15, 0.2) is 0 Å². The molecule has 140 valence electrons. The number of aromatic nitrogens is 4. The first-order valence-electron chi connectivity index (χ1n) is 9.13. The summed E-state index contributed by atoms with van der Waals surface area (Å²) >= 11 is 0. The van der Waals surface area contributed by atoms with Crippen molar-refractivity contribution in [2.24, 2.45) is 0 Å². The highest BCUT2D eigenvalue weighted by Gasteiger charge is 2.36. The summed E-state index contributed by atoms with van der Waals surface area (Å²) in [4.78, 5) is 6.88. The predicted octanol–water partition coefficient (Wildman–Crippen LogP) is 2.73. The summed E-state index contributed by atoms with van der Waals surface area (Å²) in [6.07, 6.45) is 2.86.